The second kappa shape index (κ2) is 5.16. The van der Waals surface area contributed by atoms with Gasteiger partial charge >= 0.3 is 5.97 Å². The van der Waals surface area contributed by atoms with Crippen LogP contribution in [0.2, 0.25) is 0 Å². The van der Waals surface area contributed by atoms with Gasteiger partial charge in [0.2, 0.25) is 0 Å². The monoisotopic (exact) mass is 325 g/mol. The van der Waals surface area contributed by atoms with Crippen LogP contribution in [0.3, 0.4) is 0 Å². The Balaban J connectivity index is 1.81. The summed E-state index contributed by atoms with van der Waals surface area (Å²) in [6.45, 7) is 2.39. The summed E-state index contributed by atoms with van der Waals surface area (Å²) in [7, 11) is 0. The third kappa shape index (κ3) is 1.84. The quantitative estimate of drug-likeness (QED) is 0.670. The minimum atomic E-state index is -0.973. The number of fused-ring (bicyclic) bond motifs is 5. The van der Waals surface area contributed by atoms with E-state index < -0.39 is 5.41 Å². The summed E-state index contributed by atoms with van der Waals surface area (Å²) in [5.74, 6) is -0.444. The number of benzene rings is 1. The van der Waals surface area contributed by atoms with Crippen LogP contribution in [0.5, 0.6) is 11.8 Å². The third-order valence-electron chi connectivity index (χ3n) is 5.04. The molecule has 0 spiro atoms. The molecular formula is C19H19NO4. The molecule has 1 aromatic heterocycles. The van der Waals surface area contributed by atoms with Crippen molar-refractivity contribution in [2.45, 2.75) is 31.2 Å². The number of ether oxygens (including phenoxy) is 1. The SMILES string of the molecule is CCOC(=O)C12C=CC(C1)c1c2c(O)n(Cc2ccccc2)c1O. The number of rotatable bonds is 4. The maximum atomic E-state index is 12.5. The lowest BCUT2D eigenvalue weighted by Gasteiger charge is -2.22. The Kier molecular flexibility index (Phi) is 3.20. The molecule has 2 aliphatic carbocycles. The van der Waals surface area contributed by atoms with Gasteiger partial charge in [0.15, 0.2) is 11.8 Å². The molecule has 0 saturated heterocycles. The van der Waals surface area contributed by atoms with E-state index in [0.717, 1.165) is 5.56 Å². The van der Waals surface area contributed by atoms with Gasteiger partial charge in [-0.1, -0.05) is 42.5 Å². The number of hydrogen-bond acceptors (Lipinski definition) is 4. The van der Waals surface area contributed by atoms with Crippen molar-refractivity contribution in [2.24, 2.45) is 0 Å². The molecule has 0 aliphatic heterocycles. The van der Waals surface area contributed by atoms with Gasteiger partial charge in [0.1, 0.15) is 5.41 Å². The molecular weight excluding hydrogens is 306 g/mol. The fourth-order valence-corrected chi connectivity index (χ4v) is 3.98. The highest BCUT2D eigenvalue weighted by molar-refractivity contribution is 5.91. The molecule has 5 heteroatoms. The lowest BCUT2D eigenvalue weighted by molar-refractivity contribution is -0.148. The van der Waals surface area contributed by atoms with Gasteiger partial charge < -0.3 is 14.9 Å². The first-order valence-corrected chi connectivity index (χ1v) is 8.13. The maximum absolute atomic E-state index is 12.5. The predicted octanol–water partition coefficient (Wildman–Crippen LogP) is 2.81. The molecule has 2 aromatic rings. The second-order valence-corrected chi connectivity index (χ2v) is 6.37. The third-order valence-corrected chi connectivity index (χ3v) is 5.04. The molecule has 0 saturated carbocycles. The van der Waals surface area contributed by atoms with E-state index in [0.29, 0.717) is 24.1 Å². The summed E-state index contributed by atoms with van der Waals surface area (Å²) in [5, 5.41) is 21.4. The molecule has 2 atom stereocenters. The average Bonchev–Trinajstić information content (AvgIpc) is 3.23. The largest absolute Gasteiger partial charge is 0.494 e. The Labute approximate surface area is 139 Å². The maximum Gasteiger partial charge on any atom is 0.320 e. The van der Waals surface area contributed by atoms with Crippen molar-refractivity contribution in [3.8, 4) is 11.8 Å². The number of aromatic nitrogens is 1. The van der Waals surface area contributed by atoms with E-state index in [2.05, 4.69) is 0 Å². The molecule has 2 bridgehead atoms. The Bertz CT molecular complexity index is 837. The van der Waals surface area contributed by atoms with Crippen LogP contribution in [0, 0.1) is 0 Å². The average molecular weight is 325 g/mol. The van der Waals surface area contributed by atoms with Crippen LogP contribution in [-0.2, 0) is 21.5 Å². The summed E-state index contributed by atoms with van der Waals surface area (Å²) in [4.78, 5) is 12.5. The number of carbonyl (C=O) groups is 1. The van der Waals surface area contributed by atoms with Crippen molar-refractivity contribution in [3.05, 3.63) is 59.2 Å². The minimum absolute atomic E-state index is 0.0341. The summed E-state index contributed by atoms with van der Waals surface area (Å²) in [5.41, 5.74) is 1.14. The Morgan fingerprint density at radius 1 is 1.29 bits per heavy atom. The van der Waals surface area contributed by atoms with Crippen molar-refractivity contribution in [1.82, 2.24) is 4.57 Å². The summed E-state index contributed by atoms with van der Waals surface area (Å²) >= 11 is 0. The molecule has 124 valence electrons. The summed E-state index contributed by atoms with van der Waals surface area (Å²) < 4.78 is 6.70. The van der Waals surface area contributed by atoms with E-state index in [4.69, 9.17) is 4.74 Å². The van der Waals surface area contributed by atoms with Gasteiger partial charge in [-0.2, -0.15) is 0 Å². The van der Waals surface area contributed by atoms with E-state index in [1.165, 1.54) is 4.57 Å². The Morgan fingerprint density at radius 2 is 2.04 bits per heavy atom. The Hall–Kier alpha value is -2.69. The molecule has 1 heterocycles. The molecule has 24 heavy (non-hydrogen) atoms. The number of aromatic hydroxyl groups is 2. The Morgan fingerprint density at radius 3 is 2.75 bits per heavy atom. The van der Waals surface area contributed by atoms with Gasteiger partial charge in [0.05, 0.1) is 13.2 Å². The predicted molar refractivity (Wildman–Crippen MR) is 88.1 cm³/mol. The smallest absolute Gasteiger partial charge is 0.320 e. The number of nitrogens with zero attached hydrogens (tertiary/aromatic N) is 1. The van der Waals surface area contributed by atoms with Gasteiger partial charge in [0.25, 0.3) is 0 Å². The summed E-state index contributed by atoms with van der Waals surface area (Å²) in [6.07, 6.45) is 4.25. The summed E-state index contributed by atoms with van der Waals surface area (Å²) in [6, 6.07) is 9.59. The molecule has 2 unspecified atom stereocenters. The fourth-order valence-electron chi connectivity index (χ4n) is 3.98. The van der Waals surface area contributed by atoms with E-state index in [1.807, 2.05) is 42.5 Å². The van der Waals surface area contributed by atoms with Crippen LogP contribution in [0.4, 0.5) is 0 Å². The topological polar surface area (TPSA) is 71.7 Å². The number of hydrogen-bond donors (Lipinski definition) is 2. The van der Waals surface area contributed by atoms with Crippen LogP contribution < -0.4 is 0 Å². The standard InChI is InChI=1S/C19H19NO4/c1-2-24-18(23)19-9-8-13(10-19)14-15(19)17(22)20(16(14)21)11-12-6-4-3-5-7-12/h3-9,13,21-22H,2,10-11H2,1H3. The zero-order chi connectivity index (χ0) is 16.9. The highest BCUT2D eigenvalue weighted by Crippen LogP contribution is 2.60. The normalized spacial score (nSPS) is 23.5. The van der Waals surface area contributed by atoms with Crippen LogP contribution in [-0.4, -0.2) is 27.4 Å². The molecule has 2 aliphatic rings. The van der Waals surface area contributed by atoms with Crippen molar-refractivity contribution in [1.29, 1.82) is 0 Å². The number of esters is 1. The van der Waals surface area contributed by atoms with E-state index in [1.54, 1.807) is 6.92 Å². The van der Waals surface area contributed by atoms with Crippen molar-refractivity contribution in [3.63, 3.8) is 0 Å². The zero-order valence-electron chi connectivity index (χ0n) is 13.4. The molecule has 5 nitrogen and oxygen atoms in total. The molecule has 1 aromatic carbocycles. The molecule has 4 rings (SSSR count). The molecule has 0 amide bonds. The van der Waals surface area contributed by atoms with Gasteiger partial charge in [-0.15, -0.1) is 0 Å². The van der Waals surface area contributed by atoms with Gasteiger partial charge in [-0.25, -0.2) is 0 Å². The van der Waals surface area contributed by atoms with Crippen LogP contribution >= 0.6 is 0 Å². The van der Waals surface area contributed by atoms with Crippen LogP contribution in [0.25, 0.3) is 0 Å². The minimum Gasteiger partial charge on any atom is -0.494 e. The first kappa shape index (κ1) is 14.9. The first-order chi connectivity index (χ1) is 11.6. The van der Waals surface area contributed by atoms with E-state index >= 15 is 0 Å². The van der Waals surface area contributed by atoms with Crippen molar-refractivity contribution >= 4 is 5.97 Å². The molecule has 0 radical (unpaired) electrons. The van der Waals surface area contributed by atoms with E-state index in [-0.39, 0.29) is 30.3 Å². The van der Waals surface area contributed by atoms with Crippen LogP contribution in [0.1, 0.15) is 36.0 Å². The second-order valence-electron chi connectivity index (χ2n) is 6.37. The molecule has 0 fully saturated rings. The van der Waals surface area contributed by atoms with Crippen LogP contribution in [0.15, 0.2) is 42.5 Å². The lowest BCUT2D eigenvalue weighted by Crippen LogP contribution is -2.32. The van der Waals surface area contributed by atoms with Crippen molar-refractivity contribution in [2.75, 3.05) is 6.61 Å². The van der Waals surface area contributed by atoms with Crippen molar-refractivity contribution < 1.29 is 19.7 Å². The highest BCUT2D eigenvalue weighted by Gasteiger charge is 2.56. The van der Waals surface area contributed by atoms with E-state index in [9.17, 15) is 15.0 Å². The van der Waals surface area contributed by atoms with Gasteiger partial charge in [0, 0.05) is 17.0 Å². The highest BCUT2D eigenvalue weighted by atomic mass is 16.5. The number of allylic oxidation sites excluding steroid dienone is 1. The van der Waals surface area contributed by atoms with Gasteiger partial charge in [-0.3, -0.25) is 9.36 Å². The fraction of sp³-hybridized carbons (Fsp3) is 0.316. The first-order valence-electron chi connectivity index (χ1n) is 8.13. The zero-order valence-corrected chi connectivity index (χ0v) is 13.4. The van der Waals surface area contributed by atoms with Gasteiger partial charge in [-0.05, 0) is 18.9 Å². The lowest BCUT2D eigenvalue weighted by atomic mass is 9.84. The molecule has 2 N–H and O–H groups in total. The number of carbonyl (C=O) groups excluding carboxylic acids is 1.